The van der Waals surface area contributed by atoms with Crippen molar-refractivity contribution in [1.82, 2.24) is 4.90 Å². The van der Waals surface area contributed by atoms with Crippen LogP contribution in [0.5, 0.6) is 0 Å². The number of hydrogen-bond acceptors (Lipinski definition) is 3. The predicted molar refractivity (Wildman–Crippen MR) is 91.8 cm³/mol. The highest BCUT2D eigenvalue weighted by molar-refractivity contribution is 5.89. The summed E-state index contributed by atoms with van der Waals surface area (Å²) < 4.78 is 13.5. The van der Waals surface area contributed by atoms with Crippen LogP contribution in [-0.2, 0) is 0 Å². The summed E-state index contributed by atoms with van der Waals surface area (Å²) in [6.45, 7) is 2.77. The highest BCUT2D eigenvalue weighted by atomic mass is 19.1. The average molecular weight is 328 g/mol. The van der Waals surface area contributed by atoms with Crippen molar-refractivity contribution in [2.45, 2.75) is 18.9 Å². The highest BCUT2D eigenvalue weighted by Gasteiger charge is 2.23. The maximum absolute atomic E-state index is 13.5. The van der Waals surface area contributed by atoms with E-state index in [1.54, 1.807) is 6.07 Å². The van der Waals surface area contributed by atoms with Gasteiger partial charge in [0.2, 0.25) is 0 Å². The van der Waals surface area contributed by atoms with Gasteiger partial charge in [0.25, 0.3) is 0 Å². The average Bonchev–Trinajstić information content (AvgIpc) is 3.11. The van der Waals surface area contributed by atoms with Gasteiger partial charge in [0.05, 0.1) is 11.6 Å². The summed E-state index contributed by atoms with van der Waals surface area (Å²) in [5.41, 5.74) is 1.54. The number of rotatable bonds is 6. The molecule has 0 saturated carbocycles. The van der Waals surface area contributed by atoms with E-state index in [0.717, 1.165) is 13.1 Å². The van der Waals surface area contributed by atoms with Crippen LogP contribution in [0.3, 0.4) is 0 Å². The smallest absolute Gasteiger partial charge is 0.338 e. The first-order chi connectivity index (χ1) is 11.6. The van der Waals surface area contributed by atoms with Crippen LogP contribution in [0.15, 0.2) is 48.5 Å². The van der Waals surface area contributed by atoms with Gasteiger partial charge in [-0.05, 0) is 49.7 Å². The number of hydrogen-bond donors (Lipinski definition) is 2. The van der Waals surface area contributed by atoms with Crippen LogP contribution in [0.1, 0.15) is 34.8 Å². The second-order valence-corrected chi connectivity index (χ2v) is 6.05. The molecule has 0 spiro atoms. The van der Waals surface area contributed by atoms with Crippen molar-refractivity contribution in [3.8, 4) is 0 Å². The summed E-state index contributed by atoms with van der Waals surface area (Å²) in [4.78, 5) is 13.5. The molecule has 1 aliphatic heterocycles. The van der Waals surface area contributed by atoms with Crippen molar-refractivity contribution in [2.75, 3.05) is 25.0 Å². The third kappa shape index (κ3) is 3.74. The van der Waals surface area contributed by atoms with Gasteiger partial charge >= 0.3 is 5.97 Å². The van der Waals surface area contributed by atoms with Crippen LogP contribution in [0.2, 0.25) is 0 Å². The van der Waals surface area contributed by atoms with Crippen LogP contribution in [0, 0.1) is 5.82 Å². The Morgan fingerprint density at radius 1 is 1.17 bits per heavy atom. The minimum Gasteiger partial charge on any atom is -0.478 e. The number of halogens is 1. The Hall–Kier alpha value is -2.40. The molecule has 1 unspecified atom stereocenters. The van der Waals surface area contributed by atoms with Gasteiger partial charge in [0.1, 0.15) is 5.82 Å². The number of carbonyl (C=O) groups is 1. The van der Waals surface area contributed by atoms with E-state index >= 15 is 0 Å². The zero-order chi connectivity index (χ0) is 16.9. The molecule has 3 rings (SSSR count). The minimum atomic E-state index is -1.25. The van der Waals surface area contributed by atoms with Crippen molar-refractivity contribution >= 4 is 11.7 Å². The predicted octanol–water partition coefficient (Wildman–Crippen LogP) is 3.77. The molecule has 1 fully saturated rings. The van der Waals surface area contributed by atoms with Crippen LogP contribution in [0.4, 0.5) is 10.1 Å². The van der Waals surface area contributed by atoms with Gasteiger partial charge in [-0.1, -0.05) is 30.3 Å². The number of nitrogens with one attached hydrogen (secondary N) is 1. The van der Waals surface area contributed by atoms with E-state index in [0.29, 0.717) is 12.2 Å². The fourth-order valence-corrected chi connectivity index (χ4v) is 3.20. The van der Waals surface area contributed by atoms with E-state index in [4.69, 9.17) is 5.11 Å². The lowest BCUT2D eigenvalue weighted by molar-refractivity contribution is 0.0692. The zero-order valence-corrected chi connectivity index (χ0v) is 13.4. The van der Waals surface area contributed by atoms with Crippen molar-refractivity contribution in [1.29, 1.82) is 0 Å². The Morgan fingerprint density at radius 3 is 2.54 bits per heavy atom. The van der Waals surface area contributed by atoms with Gasteiger partial charge in [-0.25, -0.2) is 9.18 Å². The standard InChI is InChI=1S/C19H21FN2O2/c20-17-9-8-15(12-16(17)19(23)24)21-13-18(22-10-4-5-11-22)14-6-2-1-3-7-14/h1-3,6-9,12,18,21H,4-5,10-11,13H2,(H,23,24). The Morgan fingerprint density at radius 2 is 1.88 bits per heavy atom. The van der Waals surface area contributed by atoms with Gasteiger partial charge in [0.15, 0.2) is 0 Å². The Kier molecular flexibility index (Phi) is 5.11. The van der Waals surface area contributed by atoms with Crippen molar-refractivity contribution in [2.24, 2.45) is 0 Å². The van der Waals surface area contributed by atoms with Gasteiger partial charge < -0.3 is 10.4 Å². The van der Waals surface area contributed by atoms with E-state index in [1.165, 1.54) is 30.5 Å². The lowest BCUT2D eigenvalue weighted by Gasteiger charge is -2.28. The van der Waals surface area contributed by atoms with E-state index in [1.807, 2.05) is 18.2 Å². The number of anilines is 1. The molecule has 2 N–H and O–H groups in total. The molecule has 2 aromatic rings. The molecule has 1 saturated heterocycles. The second-order valence-electron chi connectivity index (χ2n) is 6.05. The summed E-state index contributed by atoms with van der Waals surface area (Å²) in [6.07, 6.45) is 2.39. The Bertz CT molecular complexity index is 700. The van der Waals surface area contributed by atoms with Gasteiger partial charge in [-0.3, -0.25) is 4.90 Å². The maximum Gasteiger partial charge on any atom is 0.338 e. The minimum absolute atomic E-state index is 0.215. The van der Waals surface area contributed by atoms with Crippen molar-refractivity contribution in [3.63, 3.8) is 0 Å². The van der Waals surface area contributed by atoms with E-state index < -0.39 is 11.8 Å². The van der Waals surface area contributed by atoms with Crippen molar-refractivity contribution in [3.05, 3.63) is 65.5 Å². The lowest BCUT2D eigenvalue weighted by atomic mass is 10.1. The van der Waals surface area contributed by atoms with Gasteiger partial charge in [-0.2, -0.15) is 0 Å². The molecule has 0 radical (unpaired) electrons. The van der Waals surface area contributed by atoms with Crippen LogP contribution < -0.4 is 5.32 Å². The number of carboxylic acids is 1. The van der Waals surface area contributed by atoms with Crippen LogP contribution in [0.25, 0.3) is 0 Å². The number of aromatic carboxylic acids is 1. The summed E-state index contributed by atoms with van der Waals surface area (Å²) in [7, 11) is 0. The van der Waals surface area contributed by atoms with Crippen LogP contribution >= 0.6 is 0 Å². The molecular weight excluding hydrogens is 307 g/mol. The van der Waals surface area contributed by atoms with Gasteiger partial charge in [0, 0.05) is 12.2 Å². The molecule has 126 valence electrons. The second kappa shape index (κ2) is 7.45. The third-order valence-electron chi connectivity index (χ3n) is 4.46. The summed E-state index contributed by atoms with van der Waals surface area (Å²) >= 11 is 0. The molecule has 1 atom stereocenters. The number of likely N-dealkylation sites (tertiary alicyclic amines) is 1. The first-order valence-corrected chi connectivity index (χ1v) is 8.21. The van der Waals surface area contributed by atoms with Crippen molar-refractivity contribution < 1.29 is 14.3 Å². The Labute approximate surface area is 140 Å². The SMILES string of the molecule is O=C(O)c1cc(NCC(c2ccccc2)N2CCCC2)ccc1F. The molecule has 0 aliphatic carbocycles. The lowest BCUT2D eigenvalue weighted by Crippen LogP contribution is -2.31. The molecular formula is C19H21FN2O2. The summed E-state index contributed by atoms with van der Waals surface area (Å²) in [6, 6.07) is 14.6. The summed E-state index contributed by atoms with van der Waals surface area (Å²) in [5.74, 6) is -1.97. The largest absolute Gasteiger partial charge is 0.478 e. The molecule has 2 aromatic carbocycles. The van der Waals surface area contributed by atoms with E-state index in [2.05, 4.69) is 22.3 Å². The normalized spacial score (nSPS) is 16.0. The first kappa shape index (κ1) is 16.5. The Balaban J connectivity index is 1.76. The monoisotopic (exact) mass is 328 g/mol. The molecule has 0 aromatic heterocycles. The zero-order valence-electron chi connectivity index (χ0n) is 13.4. The van der Waals surface area contributed by atoms with E-state index in [-0.39, 0.29) is 11.6 Å². The van der Waals surface area contributed by atoms with E-state index in [9.17, 15) is 9.18 Å². The molecule has 1 heterocycles. The van der Waals surface area contributed by atoms with Crippen LogP contribution in [-0.4, -0.2) is 35.6 Å². The van der Waals surface area contributed by atoms with Gasteiger partial charge in [-0.15, -0.1) is 0 Å². The molecule has 1 aliphatic rings. The molecule has 0 bridgehead atoms. The third-order valence-corrected chi connectivity index (χ3v) is 4.46. The fourth-order valence-electron chi connectivity index (χ4n) is 3.20. The number of carboxylic acid groups (broad SMARTS) is 1. The molecule has 4 nitrogen and oxygen atoms in total. The molecule has 24 heavy (non-hydrogen) atoms. The highest BCUT2D eigenvalue weighted by Crippen LogP contribution is 2.26. The molecule has 0 amide bonds. The molecule has 5 heteroatoms. The summed E-state index contributed by atoms with van der Waals surface area (Å²) in [5, 5.41) is 12.3. The first-order valence-electron chi connectivity index (χ1n) is 8.21. The maximum atomic E-state index is 13.5. The number of benzene rings is 2. The fraction of sp³-hybridized carbons (Fsp3) is 0.316. The number of nitrogens with zero attached hydrogens (tertiary/aromatic N) is 1. The quantitative estimate of drug-likeness (QED) is 0.847. The topological polar surface area (TPSA) is 52.6 Å².